The van der Waals surface area contributed by atoms with Gasteiger partial charge in [0.15, 0.2) is 0 Å². The number of benzene rings is 2. The summed E-state index contributed by atoms with van der Waals surface area (Å²) in [6.07, 6.45) is 0. The summed E-state index contributed by atoms with van der Waals surface area (Å²) in [4.78, 5) is 24.9. The van der Waals surface area contributed by atoms with Gasteiger partial charge in [-0.2, -0.15) is 0 Å². The van der Waals surface area contributed by atoms with E-state index >= 15 is 0 Å². The van der Waals surface area contributed by atoms with Gasteiger partial charge in [-0.3, -0.25) is 9.52 Å². The van der Waals surface area contributed by atoms with Crippen LogP contribution in [0.3, 0.4) is 0 Å². The van der Waals surface area contributed by atoms with Crippen LogP contribution in [0.2, 0.25) is 0 Å². The zero-order valence-electron chi connectivity index (χ0n) is 14.9. The van der Waals surface area contributed by atoms with Gasteiger partial charge in [-0.1, -0.05) is 6.07 Å². The highest BCUT2D eigenvalue weighted by Crippen LogP contribution is 2.21. The van der Waals surface area contributed by atoms with E-state index in [1.165, 1.54) is 48.4 Å². The number of esters is 1. The van der Waals surface area contributed by atoms with Crippen LogP contribution in [0.15, 0.2) is 47.4 Å². The number of rotatable bonds is 5. The van der Waals surface area contributed by atoms with Gasteiger partial charge >= 0.3 is 5.97 Å². The molecule has 0 bridgehead atoms. The Labute approximate surface area is 152 Å². The molecule has 0 aromatic heterocycles. The third-order valence-corrected chi connectivity index (χ3v) is 5.21. The molecule has 0 aliphatic carbocycles. The minimum Gasteiger partial charge on any atom is -0.465 e. The molecule has 2 aromatic rings. The fourth-order valence-electron chi connectivity index (χ4n) is 2.28. The molecule has 1 N–H and O–H groups in total. The first-order valence-electron chi connectivity index (χ1n) is 7.69. The molecule has 0 aliphatic rings. The monoisotopic (exact) mass is 376 g/mol. The van der Waals surface area contributed by atoms with Crippen LogP contribution < -0.4 is 4.72 Å². The summed E-state index contributed by atoms with van der Waals surface area (Å²) in [7, 11) is 0.586. The molecule has 2 rings (SSSR count). The topological polar surface area (TPSA) is 92.8 Å². The SMILES string of the molecule is COC(=O)c1ccc(C)c(S(=O)(=O)Nc2ccc(C(=O)N(C)C)cc2)c1. The van der Waals surface area contributed by atoms with Crippen molar-refractivity contribution >= 4 is 27.6 Å². The maximum Gasteiger partial charge on any atom is 0.337 e. The van der Waals surface area contributed by atoms with E-state index in [9.17, 15) is 18.0 Å². The Morgan fingerprint density at radius 3 is 2.12 bits per heavy atom. The molecule has 0 saturated carbocycles. The Morgan fingerprint density at radius 2 is 1.58 bits per heavy atom. The zero-order valence-corrected chi connectivity index (χ0v) is 15.8. The number of anilines is 1. The molecule has 0 atom stereocenters. The highest BCUT2D eigenvalue weighted by molar-refractivity contribution is 7.92. The summed E-state index contributed by atoms with van der Waals surface area (Å²) in [5, 5.41) is 0. The Kier molecular flexibility index (Phi) is 5.66. The predicted molar refractivity (Wildman–Crippen MR) is 97.8 cm³/mol. The number of nitrogens with zero attached hydrogens (tertiary/aromatic N) is 1. The van der Waals surface area contributed by atoms with Crippen molar-refractivity contribution in [1.82, 2.24) is 4.90 Å². The van der Waals surface area contributed by atoms with Gasteiger partial charge in [-0.05, 0) is 48.9 Å². The van der Waals surface area contributed by atoms with Crippen molar-refractivity contribution in [2.45, 2.75) is 11.8 Å². The average molecular weight is 376 g/mol. The molecule has 0 radical (unpaired) electrons. The second-order valence-corrected chi connectivity index (χ2v) is 7.51. The molecule has 2 aromatic carbocycles. The second-order valence-electron chi connectivity index (χ2n) is 5.85. The Hall–Kier alpha value is -2.87. The summed E-state index contributed by atoms with van der Waals surface area (Å²) in [6, 6.07) is 10.4. The largest absolute Gasteiger partial charge is 0.465 e. The molecule has 0 saturated heterocycles. The predicted octanol–water partition coefficient (Wildman–Crippen LogP) is 2.28. The van der Waals surface area contributed by atoms with Crippen molar-refractivity contribution in [1.29, 1.82) is 0 Å². The lowest BCUT2D eigenvalue weighted by atomic mass is 10.1. The van der Waals surface area contributed by atoms with Crippen molar-refractivity contribution in [3.63, 3.8) is 0 Å². The fraction of sp³-hybridized carbons (Fsp3) is 0.222. The lowest BCUT2D eigenvalue weighted by Crippen LogP contribution is -2.21. The van der Waals surface area contributed by atoms with E-state index in [2.05, 4.69) is 9.46 Å². The first-order chi connectivity index (χ1) is 12.2. The van der Waals surface area contributed by atoms with E-state index in [0.717, 1.165) is 0 Å². The molecule has 0 aliphatic heterocycles. The lowest BCUT2D eigenvalue weighted by molar-refractivity contribution is 0.0600. The number of sulfonamides is 1. The van der Waals surface area contributed by atoms with Crippen LogP contribution >= 0.6 is 0 Å². The van der Waals surface area contributed by atoms with E-state index in [-0.39, 0.29) is 16.4 Å². The number of amides is 1. The lowest BCUT2D eigenvalue weighted by Gasteiger charge is -2.13. The van der Waals surface area contributed by atoms with Crippen molar-refractivity contribution < 1.29 is 22.7 Å². The van der Waals surface area contributed by atoms with Crippen molar-refractivity contribution in [3.8, 4) is 0 Å². The number of hydrogen-bond acceptors (Lipinski definition) is 5. The summed E-state index contributed by atoms with van der Waals surface area (Å²) >= 11 is 0. The number of nitrogens with one attached hydrogen (secondary N) is 1. The van der Waals surface area contributed by atoms with Gasteiger partial charge in [0.05, 0.1) is 17.6 Å². The summed E-state index contributed by atoms with van der Waals surface area (Å²) in [5.41, 5.74) is 1.39. The van der Waals surface area contributed by atoms with Gasteiger partial charge in [-0.25, -0.2) is 13.2 Å². The Bertz CT molecular complexity index is 935. The normalized spacial score (nSPS) is 10.9. The van der Waals surface area contributed by atoms with Crippen LogP contribution in [0.25, 0.3) is 0 Å². The zero-order chi connectivity index (χ0) is 19.5. The molecule has 138 valence electrons. The van der Waals surface area contributed by atoms with Gasteiger partial charge in [0, 0.05) is 25.3 Å². The standard InChI is InChI=1S/C18H20N2O5S/c1-12-5-6-14(18(22)25-4)11-16(12)26(23,24)19-15-9-7-13(8-10-15)17(21)20(2)3/h5-11,19H,1-4H3. The Balaban J connectivity index is 2.31. The highest BCUT2D eigenvalue weighted by atomic mass is 32.2. The number of hydrogen-bond donors (Lipinski definition) is 1. The van der Waals surface area contributed by atoms with E-state index in [0.29, 0.717) is 16.8 Å². The number of carbonyl (C=O) groups excluding carboxylic acids is 2. The number of aryl methyl sites for hydroxylation is 1. The smallest absolute Gasteiger partial charge is 0.337 e. The minimum absolute atomic E-state index is 0.0196. The molecule has 1 amide bonds. The van der Waals surface area contributed by atoms with Crippen LogP contribution in [0.4, 0.5) is 5.69 Å². The summed E-state index contributed by atoms with van der Waals surface area (Å²) in [5.74, 6) is -0.797. The maximum absolute atomic E-state index is 12.7. The van der Waals surface area contributed by atoms with E-state index in [1.54, 1.807) is 27.1 Å². The molecule has 7 nitrogen and oxygen atoms in total. The van der Waals surface area contributed by atoms with Crippen LogP contribution in [0.5, 0.6) is 0 Å². The molecular weight excluding hydrogens is 356 g/mol. The average Bonchev–Trinajstić information content (AvgIpc) is 2.60. The highest BCUT2D eigenvalue weighted by Gasteiger charge is 2.20. The molecule has 0 fully saturated rings. The minimum atomic E-state index is -3.91. The molecule has 26 heavy (non-hydrogen) atoms. The van der Waals surface area contributed by atoms with Crippen LogP contribution in [-0.4, -0.2) is 46.4 Å². The number of ether oxygens (including phenoxy) is 1. The molecular formula is C18H20N2O5S. The molecule has 0 heterocycles. The van der Waals surface area contributed by atoms with Crippen LogP contribution in [-0.2, 0) is 14.8 Å². The first-order valence-corrected chi connectivity index (χ1v) is 9.17. The van der Waals surface area contributed by atoms with Gasteiger partial charge in [0.1, 0.15) is 0 Å². The third-order valence-electron chi connectivity index (χ3n) is 3.69. The summed E-state index contributed by atoms with van der Waals surface area (Å²) < 4.78 is 32.4. The van der Waals surface area contributed by atoms with E-state index < -0.39 is 16.0 Å². The molecule has 0 unspecified atom stereocenters. The van der Waals surface area contributed by atoms with Crippen LogP contribution in [0.1, 0.15) is 26.3 Å². The van der Waals surface area contributed by atoms with Crippen molar-refractivity contribution in [2.24, 2.45) is 0 Å². The molecule has 0 spiro atoms. The van der Waals surface area contributed by atoms with Gasteiger partial charge in [0.25, 0.3) is 15.9 Å². The van der Waals surface area contributed by atoms with Gasteiger partial charge in [0.2, 0.25) is 0 Å². The number of carbonyl (C=O) groups is 2. The van der Waals surface area contributed by atoms with E-state index in [1.807, 2.05) is 0 Å². The molecule has 8 heteroatoms. The van der Waals surface area contributed by atoms with E-state index in [4.69, 9.17) is 0 Å². The van der Waals surface area contributed by atoms with Gasteiger partial charge < -0.3 is 9.64 Å². The number of methoxy groups -OCH3 is 1. The maximum atomic E-state index is 12.7. The van der Waals surface area contributed by atoms with Crippen molar-refractivity contribution in [3.05, 3.63) is 59.2 Å². The summed E-state index contributed by atoms with van der Waals surface area (Å²) in [6.45, 7) is 1.63. The second kappa shape index (κ2) is 7.57. The third kappa shape index (κ3) is 4.20. The van der Waals surface area contributed by atoms with Crippen molar-refractivity contribution in [2.75, 3.05) is 25.9 Å². The quantitative estimate of drug-likeness (QED) is 0.808. The first kappa shape index (κ1) is 19.5. The van der Waals surface area contributed by atoms with Gasteiger partial charge in [-0.15, -0.1) is 0 Å². The van der Waals surface area contributed by atoms with Crippen LogP contribution in [0, 0.1) is 6.92 Å². The fourth-order valence-corrected chi connectivity index (χ4v) is 3.61. The Morgan fingerprint density at radius 1 is 1.00 bits per heavy atom.